The van der Waals surface area contributed by atoms with Crippen molar-refractivity contribution in [2.45, 2.75) is 12.1 Å². The first-order chi connectivity index (χ1) is 17.9. The maximum absolute atomic E-state index is 14.0. The molecule has 3 heterocycles. The monoisotopic (exact) mass is 495 g/mol. The molecule has 0 aromatic heterocycles. The zero-order valence-electron chi connectivity index (χ0n) is 19.7. The molecule has 2 saturated heterocycles. The first-order valence-electron chi connectivity index (χ1n) is 11.8. The van der Waals surface area contributed by atoms with Crippen molar-refractivity contribution >= 4 is 40.7 Å². The Morgan fingerprint density at radius 1 is 0.919 bits per heavy atom. The Balaban J connectivity index is 1.51. The fourth-order valence-electron chi connectivity index (χ4n) is 5.79. The molecule has 0 unspecified atom stereocenters. The fourth-order valence-corrected chi connectivity index (χ4v) is 5.79. The lowest BCUT2D eigenvalue weighted by Crippen LogP contribution is -2.48. The number of hydrogen-bond acceptors (Lipinski definition) is 7. The summed E-state index contributed by atoms with van der Waals surface area (Å²) in [6.07, 6.45) is 3.76. The predicted molar refractivity (Wildman–Crippen MR) is 135 cm³/mol. The maximum Gasteiger partial charge on any atom is 0.271 e. The highest BCUT2D eigenvalue weighted by Crippen LogP contribution is 2.51. The average Bonchev–Trinajstić information content (AvgIpc) is 3.40. The second-order valence-electron chi connectivity index (χ2n) is 9.17. The minimum absolute atomic E-state index is 0.00116. The third-order valence-electron chi connectivity index (χ3n) is 7.36. The third-order valence-corrected chi connectivity index (χ3v) is 7.36. The largest absolute Gasteiger partial charge is 0.495 e. The highest BCUT2D eigenvalue weighted by Gasteiger charge is 2.64. The molecule has 37 heavy (non-hydrogen) atoms. The second kappa shape index (κ2) is 8.41. The van der Waals surface area contributed by atoms with E-state index in [9.17, 15) is 24.5 Å². The number of fused-ring (bicyclic) bond motifs is 5. The Hall–Kier alpha value is -4.79. The quantitative estimate of drug-likeness (QED) is 0.229. The Bertz CT molecular complexity index is 1500. The van der Waals surface area contributed by atoms with Crippen molar-refractivity contribution < 1.29 is 24.0 Å². The van der Waals surface area contributed by atoms with Crippen LogP contribution in [0.5, 0.6) is 5.75 Å². The molecule has 0 spiro atoms. The minimum atomic E-state index is -0.981. The summed E-state index contributed by atoms with van der Waals surface area (Å²) >= 11 is 0. The van der Waals surface area contributed by atoms with E-state index in [0.29, 0.717) is 5.56 Å². The summed E-state index contributed by atoms with van der Waals surface area (Å²) in [4.78, 5) is 55.6. The SMILES string of the molecule is COc1ccc([N+](=O)[O-])cc1N1C(=O)[C@@H]2[C@@H](C1=O)[C@@H]1C=Cc3ccccc3N1[C@@H]2C(=O)c1ccccc1. The zero-order valence-corrected chi connectivity index (χ0v) is 19.7. The third kappa shape index (κ3) is 3.27. The number of carbonyl (C=O) groups is 3. The highest BCUT2D eigenvalue weighted by atomic mass is 16.6. The molecule has 3 aliphatic heterocycles. The lowest BCUT2D eigenvalue weighted by Gasteiger charge is -2.36. The van der Waals surface area contributed by atoms with Gasteiger partial charge >= 0.3 is 0 Å². The van der Waals surface area contributed by atoms with Crippen molar-refractivity contribution in [3.8, 4) is 5.75 Å². The van der Waals surface area contributed by atoms with Crippen LogP contribution in [0.25, 0.3) is 6.08 Å². The van der Waals surface area contributed by atoms with Crippen LogP contribution in [0.4, 0.5) is 17.1 Å². The molecule has 9 heteroatoms. The van der Waals surface area contributed by atoms with Crippen LogP contribution < -0.4 is 14.5 Å². The van der Waals surface area contributed by atoms with Crippen LogP contribution in [0, 0.1) is 22.0 Å². The van der Waals surface area contributed by atoms with Crippen molar-refractivity contribution in [1.82, 2.24) is 0 Å². The number of rotatable bonds is 5. The van der Waals surface area contributed by atoms with Crippen molar-refractivity contribution in [1.29, 1.82) is 0 Å². The number of para-hydroxylation sites is 1. The number of carbonyl (C=O) groups excluding carboxylic acids is 3. The van der Waals surface area contributed by atoms with E-state index >= 15 is 0 Å². The molecule has 3 aromatic rings. The molecule has 2 fully saturated rings. The van der Waals surface area contributed by atoms with Gasteiger partial charge in [-0.1, -0.05) is 60.7 Å². The van der Waals surface area contributed by atoms with Gasteiger partial charge in [0, 0.05) is 23.4 Å². The predicted octanol–water partition coefficient (Wildman–Crippen LogP) is 3.88. The van der Waals surface area contributed by atoms with Gasteiger partial charge in [-0.3, -0.25) is 24.5 Å². The van der Waals surface area contributed by atoms with E-state index < -0.39 is 40.7 Å². The van der Waals surface area contributed by atoms with E-state index in [0.717, 1.165) is 22.2 Å². The molecular weight excluding hydrogens is 474 g/mol. The molecule has 184 valence electrons. The minimum Gasteiger partial charge on any atom is -0.495 e. The number of amides is 2. The number of nitro groups is 1. The van der Waals surface area contributed by atoms with Gasteiger partial charge in [0.2, 0.25) is 11.8 Å². The van der Waals surface area contributed by atoms with E-state index in [2.05, 4.69) is 0 Å². The molecule has 9 nitrogen and oxygen atoms in total. The van der Waals surface area contributed by atoms with Gasteiger partial charge in [-0.2, -0.15) is 0 Å². The van der Waals surface area contributed by atoms with Crippen molar-refractivity contribution in [3.63, 3.8) is 0 Å². The lowest BCUT2D eigenvalue weighted by atomic mass is 9.86. The number of benzene rings is 3. The van der Waals surface area contributed by atoms with E-state index in [-0.39, 0.29) is 22.9 Å². The molecule has 0 bridgehead atoms. The van der Waals surface area contributed by atoms with Crippen molar-refractivity contribution in [2.75, 3.05) is 16.9 Å². The molecule has 2 amide bonds. The summed E-state index contributed by atoms with van der Waals surface area (Å²) in [7, 11) is 1.36. The normalized spacial score (nSPS) is 23.5. The van der Waals surface area contributed by atoms with E-state index in [1.165, 1.54) is 19.2 Å². The summed E-state index contributed by atoms with van der Waals surface area (Å²) in [5.74, 6) is -3.04. The molecule has 3 aromatic carbocycles. The zero-order chi connectivity index (χ0) is 25.8. The number of imide groups is 1. The number of methoxy groups -OCH3 is 1. The first kappa shape index (κ1) is 22.7. The number of ether oxygens (including phenoxy) is 1. The van der Waals surface area contributed by atoms with Crippen LogP contribution in [0.1, 0.15) is 15.9 Å². The number of non-ortho nitro benzene ring substituents is 1. The molecule has 0 saturated carbocycles. The summed E-state index contributed by atoms with van der Waals surface area (Å²) < 4.78 is 5.35. The molecule has 0 N–H and O–H groups in total. The average molecular weight is 495 g/mol. The molecule has 3 aliphatic rings. The van der Waals surface area contributed by atoms with Gasteiger partial charge in [0.1, 0.15) is 17.5 Å². The lowest BCUT2D eigenvalue weighted by molar-refractivity contribution is -0.384. The van der Waals surface area contributed by atoms with Gasteiger partial charge in [0.15, 0.2) is 5.78 Å². The maximum atomic E-state index is 14.0. The number of Topliss-reactive ketones (excluding diaryl/α,β-unsaturated/α-hetero) is 1. The van der Waals surface area contributed by atoms with E-state index in [1.54, 1.807) is 30.3 Å². The number of ketones is 1. The smallest absolute Gasteiger partial charge is 0.271 e. The van der Waals surface area contributed by atoms with Gasteiger partial charge in [-0.15, -0.1) is 0 Å². The molecular formula is C28H21N3O6. The number of anilines is 2. The number of nitro benzene ring substituents is 1. The van der Waals surface area contributed by atoms with Crippen molar-refractivity contribution in [3.05, 3.63) is 100 Å². The van der Waals surface area contributed by atoms with Crippen LogP contribution in [0.3, 0.4) is 0 Å². The summed E-state index contributed by atoms with van der Waals surface area (Å²) in [6.45, 7) is 0. The Kier molecular flexibility index (Phi) is 5.15. The van der Waals surface area contributed by atoms with Gasteiger partial charge in [0.05, 0.1) is 29.9 Å². The van der Waals surface area contributed by atoms with Gasteiger partial charge in [-0.25, -0.2) is 4.90 Å². The standard InChI is InChI=1S/C28H21N3O6/c1-37-22-14-12-18(31(35)36)15-21(22)30-27(33)23-20-13-11-16-7-5-6-10-19(16)29(20)25(24(23)28(30)34)26(32)17-8-3-2-4-9-17/h2-15,20,23-25H,1H3/t20-,23-,24+,25-/m0/s1. The Labute approximate surface area is 211 Å². The van der Waals surface area contributed by atoms with Crippen LogP contribution >= 0.6 is 0 Å². The molecule has 0 radical (unpaired) electrons. The van der Waals surface area contributed by atoms with E-state index in [4.69, 9.17) is 4.74 Å². The molecule has 4 atom stereocenters. The van der Waals surface area contributed by atoms with Crippen molar-refractivity contribution in [2.24, 2.45) is 11.8 Å². The summed E-state index contributed by atoms with van der Waals surface area (Å²) in [5.41, 5.74) is 1.82. The Morgan fingerprint density at radius 3 is 2.35 bits per heavy atom. The van der Waals surface area contributed by atoms with Gasteiger partial charge in [-0.05, 0) is 17.7 Å². The second-order valence-corrected chi connectivity index (χ2v) is 9.17. The molecule has 0 aliphatic carbocycles. The summed E-state index contributed by atoms with van der Waals surface area (Å²) in [5, 5.41) is 11.4. The van der Waals surface area contributed by atoms with Gasteiger partial charge in [0.25, 0.3) is 5.69 Å². The van der Waals surface area contributed by atoms with Crippen LogP contribution in [-0.4, -0.2) is 41.7 Å². The van der Waals surface area contributed by atoms with Crippen LogP contribution in [0.15, 0.2) is 78.9 Å². The number of hydrogen-bond donors (Lipinski definition) is 0. The van der Waals surface area contributed by atoms with E-state index in [1.807, 2.05) is 41.3 Å². The van der Waals surface area contributed by atoms with Crippen LogP contribution in [0.2, 0.25) is 0 Å². The molecule has 6 rings (SSSR count). The topological polar surface area (TPSA) is 110 Å². The number of nitrogens with zero attached hydrogens (tertiary/aromatic N) is 3. The van der Waals surface area contributed by atoms with Crippen LogP contribution in [-0.2, 0) is 9.59 Å². The fraction of sp³-hybridized carbons (Fsp3) is 0.179. The van der Waals surface area contributed by atoms with Gasteiger partial charge < -0.3 is 9.64 Å². The first-order valence-corrected chi connectivity index (χ1v) is 11.8. The Morgan fingerprint density at radius 2 is 1.62 bits per heavy atom. The highest BCUT2D eigenvalue weighted by molar-refractivity contribution is 6.26. The summed E-state index contributed by atoms with van der Waals surface area (Å²) in [6, 6.07) is 18.5.